The normalized spacial score (nSPS) is 21.5. The van der Waals surface area contributed by atoms with E-state index in [-0.39, 0.29) is 23.7 Å². The predicted molar refractivity (Wildman–Crippen MR) is 80.9 cm³/mol. The number of nitrogens with two attached hydrogens (primary N) is 1. The van der Waals surface area contributed by atoms with Crippen LogP contribution in [0.2, 0.25) is 0 Å². The van der Waals surface area contributed by atoms with Crippen molar-refractivity contribution in [2.75, 3.05) is 26.3 Å². The van der Waals surface area contributed by atoms with E-state index in [2.05, 4.69) is 18.7 Å². The average Bonchev–Trinajstić information content (AvgIpc) is 2.46. The van der Waals surface area contributed by atoms with Crippen LogP contribution in [0.1, 0.15) is 32.4 Å². The first kappa shape index (κ1) is 16.2. The summed E-state index contributed by atoms with van der Waals surface area (Å²) in [5.74, 6) is -0.119. The summed E-state index contributed by atoms with van der Waals surface area (Å²) in [6, 6.07) is 5.16. The van der Waals surface area contributed by atoms with Crippen molar-refractivity contribution in [1.29, 1.82) is 0 Å². The molecule has 0 aliphatic carbocycles. The molecule has 1 aliphatic rings. The molecule has 2 atom stereocenters. The summed E-state index contributed by atoms with van der Waals surface area (Å²) in [7, 11) is 0. The highest BCUT2D eigenvalue weighted by molar-refractivity contribution is 5.30. The molecule has 0 amide bonds. The summed E-state index contributed by atoms with van der Waals surface area (Å²) < 4.78 is 25.2. The Bertz CT molecular complexity index is 466. The summed E-state index contributed by atoms with van der Waals surface area (Å²) in [5.41, 5.74) is 6.50. The fourth-order valence-electron chi connectivity index (χ4n) is 2.41. The highest BCUT2D eigenvalue weighted by atomic mass is 19.1. The largest absolute Gasteiger partial charge is 0.488 e. The summed E-state index contributed by atoms with van der Waals surface area (Å²) >= 11 is 0. The van der Waals surface area contributed by atoms with E-state index in [1.54, 1.807) is 12.1 Å². The fraction of sp³-hybridized carbons (Fsp3) is 0.625. The summed E-state index contributed by atoms with van der Waals surface area (Å²) in [4.78, 5) is 2.34. The Labute approximate surface area is 126 Å². The molecular formula is C16H25FN2O2. The van der Waals surface area contributed by atoms with E-state index in [1.807, 2.05) is 6.92 Å². The van der Waals surface area contributed by atoms with Gasteiger partial charge in [0, 0.05) is 25.2 Å². The van der Waals surface area contributed by atoms with Crippen LogP contribution < -0.4 is 10.5 Å². The maximum absolute atomic E-state index is 13.9. The molecule has 1 fully saturated rings. The van der Waals surface area contributed by atoms with E-state index in [0.29, 0.717) is 19.3 Å². The standard InChI is InChI=1S/C16H25FN2O2/c1-11(2)19-6-7-20-14(9-19)10-21-16-5-4-13(12(3)18)8-15(16)17/h4-5,8,11-12,14H,6-7,9-10,18H2,1-3H3/t12-,14?/m1/s1. The van der Waals surface area contributed by atoms with Crippen molar-refractivity contribution >= 4 is 0 Å². The van der Waals surface area contributed by atoms with Crippen molar-refractivity contribution in [2.45, 2.75) is 39.0 Å². The van der Waals surface area contributed by atoms with E-state index in [9.17, 15) is 4.39 Å². The van der Waals surface area contributed by atoms with Crippen LogP contribution in [0.4, 0.5) is 4.39 Å². The number of rotatable bonds is 5. The Balaban J connectivity index is 1.91. The van der Waals surface area contributed by atoms with Crippen LogP contribution in [0.15, 0.2) is 18.2 Å². The Kier molecular flexibility index (Phi) is 5.56. The molecule has 1 aromatic rings. The molecule has 1 aliphatic heterocycles. The lowest BCUT2D eigenvalue weighted by Crippen LogP contribution is -2.47. The zero-order valence-corrected chi connectivity index (χ0v) is 13.0. The molecule has 0 saturated carbocycles. The number of halogens is 1. The number of benzene rings is 1. The summed E-state index contributed by atoms with van der Waals surface area (Å²) in [6.07, 6.45) is -0.0198. The van der Waals surface area contributed by atoms with Crippen molar-refractivity contribution < 1.29 is 13.9 Å². The van der Waals surface area contributed by atoms with Crippen LogP contribution in [-0.2, 0) is 4.74 Å². The van der Waals surface area contributed by atoms with Crippen LogP contribution in [0.3, 0.4) is 0 Å². The fourth-order valence-corrected chi connectivity index (χ4v) is 2.41. The molecule has 1 saturated heterocycles. The zero-order chi connectivity index (χ0) is 15.4. The molecular weight excluding hydrogens is 271 g/mol. The molecule has 0 radical (unpaired) electrons. The van der Waals surface area contributed by atoms with Gasteiger partial charge >= 0.3 is 0 Å². The van der Waals surface area contributed by atoms with Gasteiger partial charge in [0.25, 0.3) is 0 Å². The lowest BCUT2D eigenvalue weighted by atomic mass is 10.1. The molecule has 4 nitrogen and oxygen atoms in total. The minimum Gasteiger partial charge on any atom is -0.488 e. The molecule has 21 heavy (non-hydrogen) atoms. The smallest absolute Gasteiger partial charge is 0.165 e. The van der Waals surface area contributed by atoms with Gasteiger partial charge in [-0.3, -0.25) is 4.90 Å². The summed E-state index contributed by atoms with van der Waals surface area (Å²) in [5, 5.41) is 0. The van der Waals surface area contributed by atoms with Crippen LogP contribution in [0, 0.1) is 5.82 Å². The Morgan fingerprint density at radius 3 is 2.81 bits per heavy atom. The molecule has 1 heterocycles. The van der Waals surface area contributed by atoms with Gasteiger partial charge in [0.15, 0.2) is 11.6 Å². The Hall–Kier alpha value is -1.17. The van der Waals surface area contributed by atoms with Gasteiger partial charge in [-0.2, -0.15) is 0 Å². The minimum absolute atomic E-state index is 0.0198. The van der Waals surface area contributed by atoms with Crippen molar-refractivity contribution in [3.05, 3.63) is 29.6 Å². The van der Waals surface area contributed by atoms with Crippen LogP contribution in [-0.4, -0.2) is 43.3 Å². The third-order valence-electron chi connectivity index (χ3n) is 3.81. The number of ether oxygens (including phenoxy) is 2. The van der Waals surface area contributed by atoms with Crippen molar-refractivity contribution in [3.63, 3.8) is 0 Å². The number of hydrogen-bond acceptors (Lipinski definition) is 4. The minimum atomic E-state index is -0.374. The average molecular weight is 296 g/mol. The van der Waals surface area contributed by atoms with Gasteiger partial charge < -0.3 is 15.2 Å². The molecule has 0 aromatic heterocycles. The molecule has 1 unspecified atom stereocenters. The molecule has 1 aromatic carbocycles. The predicted octanol–water partition coefficient (Wildman–Crippen LogP) is 2.33. The van der Waals surface area contributed by atoms with Gasteiger partial charge in [0.1, 0.15) is 12.7 Å². The van der Waals surface area contributed by atoms with Crippen molar-refractivity contribution in [3.8, 4) is 5.75 Å². The third kappa shape index (κ3) is 4.40. The van der Waals surface area contributed by atoms with Crippen LogP contribution in [0.5, 0.6) is 5.75 Å². The van der Waals surface area contributed by atoms with Crippen molar-refractivity contribution in [2.24, 2.45) is 5.73 Å². The summed E-state index contributed by atoms with van der Waals surface area (Å²) in [6.45, 7) is 8.95. The molecule has 5 heteroatoms. The topological polar surface area (TPSA) is 47.7 Å². The number of morpholine rings is 1. The second-order valence-electron chi connectivity index (χ2n) is 5.87. The Morgan fingerprint density at radius 2 is 2.19 bits per heavy atom. The number of hydrogen-bond donors (Lipinski definition) is 1. The number of nitrogens with zero attached hydrogens (tertiary/aromatic N) is 1. The lowest BCUT2D eigenvalue weighted by Gasteiger charge is -2.35. The zero-order valence-electron chi connectivity index (χ0n) is 13.0. The third-order valence-corrected chi connectivity index (χ3v) is 3.81. The van der Waals surface area contributed by atoms with Crippen LogP contribution in [0.25, 0.3) is 0 Å². The maximum Gasteiger partial charge on any atom is 0.165 e. The molecule has 2 N–H and O–H groups in total. The molecule has 0 spiro atoms. The van der Waals surface area contributed by atoms with E-state index in [0.717, 1.165) is 18.7 Å². The molecule has 118 valence electrons. The van der Waals surface area contributed by atoms with E-state index in [1.165, 1.54) is 6.07 Å². The van der Waals surface area contributed by atoms with Gasteiger partial charge in [-0.05, 0) is 38.5 Å². The molecule has 0 bridgehead atoms. The van der Waals surface area contributed by atoms with E-state index >= 15 is 0 Å². The second kappa shape index (κ2) is 7.20. The SMILES string of the molecule is CC(C)N1CCOC(COc2ccc([C@@H](C)N)cc2F)C1. The first-order chi connectivity index (χ1) is 9.97. The second-order valence-corrected chi connectivity index (χ2v) is 5.87. The molecule has 2 rings (SSSR count). The monoisotopic (exact) mass is 296 g/mol. The van der Waals surface area contributed by atoms with Gasteiger partial charge in [-0.1, -0.05) is 6.07 Å². The van der Waals surface area contributed by atoms with Crippen molar-refractivity contribution in [1.82, 2.24) is 4.90 Å². The van der Waals surface area contributed by atoms with E-state index in [4.69, 9.17) is 15.2 Å². The Morgan fingerprint density at radius 1 is 1.43 bits per heavy atom. The van der Waals surface area contributed by atoms with E-state index < -0.39 is 0 Å². The van der Waals surface area contributed by atoms with Gasteiger partial charge in [-0.25, -0.2) is 4.39 Å². The highest BCUT2D eigenvalue weighted by Crippen LogP contribution is 2.22. The quantitative estimate of drug-likeness (QED) is 0.906. The maximum atomic E-state index is 13.9. The first-order valence-corrected chi connectivity index (χ1v) is 7.51. The van der Waals surface area contributed by atoms with Crippen LogP contribution >= 0.6 is 0 Å². The van der Waals surface area contributed by atoms with Gasteiger partial charge in [0.2, 0.25) is 0 Å². The van der Waals surface area contributed by atoms with Gasteiger partial charge in [-0.15, -0.1) is 0 Å². The lowest BCUT2D eigenvalue weighted by molar-refractivity contribution is -0.0568. The highest BCUT2D eigenvalue weighted by Gasteiger charge is 2.23. The first-order valence-electron chi connectivity index (χ1n) is 7.51. The van der Waals surface area contributed by atoms with Gasteiger partial charge in [0.05, 0.1) is 6.61 Å².